The number of para-hydroxylation sites is 1. The summed E-state index contributed by atoms with van der Waals surface area (Å²) in [6.45, 7) is 0. The molecule has 3 aromatic rings. The van der Waals surface area contributed by atoms with Crippen molar-refractivity contribution in [2.24, 2.45) is 5.92 Å². The van der Waals surface area contributed by atoms with E-state index in [1.165, 1.54) is 11.8 Å². The van der Waals surface area contributed by atoms with Gasteiger partial charge >= 0.3 is 0 Å². The number of amides is 1. The lowest BCUT2D eigenvalue weighted by molar-refractivity contribution is -0.120. The molecule has 0 saturated carbocycles. The van der Waals surface area contributed by atoms with E-state index in [0.29, 0.717) is 11.4 Å². The molecule has 5 heteroatoms. The SMILES string of the molecule is O=C(Nc1ccccc1F)C1CCc2[nH]c3ccc(Cl)cc3c2C1. The van der Waals surface area contributed by atoms with Gasteiger partial charge in [-0.15, -0.1) is 0 Å². The van der Waals surface area contributed by atoms with Crippen LogP contribution < -0.4 is 5.32 Å². The van der Waals surface area contributed by atoms with E-state index in [1.807, 2.05) is 18.2 Å². The quantitative estimate of drug-likeness (QED) is 0.696. The maximum absolute atomic E-state index is 13.7. The number of anilines is 1. The van der Waals surface area contributed by atoms with E-state index in [1.54, 1.807) is 18.2 Å². The number of benzene rings is 2. The number of aromatic amines is 1. The van der Waals surface area contributed by atoms with Crippen molar-refractivity contribution in [3.63, 3.8) is 0 Å². The Hall–Kier alpha value is -2.33. The van der Waals surface area contributed by atoms with E-state index < -0.39 is 5.82 Å². The van der Waals surface area contributed by atoms with Crippen molar-refractivity contribution in [3.05, 3.63) is 64.6 Å². The third kappa shape index (κ3) is 2.67. The maximum Gasteiger partial charge on any atom is 0.227 e. The molecule has 1 aliphatic carbocycles. The first-order valence-corrected chi connectivity index (χ1v) is 8.34. The molecule has 1 aromatic heterocycles. The highest BCUT2D eigenvalue weighted by molar-refractivity contribution is 6.31. The molecule has 4 rings (SSSR count). The van der Waals surface area contributed by atoms with Crippen LogP contribution in [0.15, 0.2) is 42.5 Å². The average molecular weight is 343 g/mol. The predicted molar refractivity (Wildman–Crippen MR) is 93.9 cm³/mol. The number of fused-ring (bicyclic) bond motifs is 3. The smallest absolute Gasteiger partial charge is 0.227 e. The van der Waals surface area contributed by atoms with Crippen LogP contribution in [0, 0.1) is 11.7 Å². The summed E-state index contributed by atoms with van der Waals surface area (Å²) < 4.78 is 13.7. The Morgan fingerprint density at radius 1 is 1.25 bits per heavy atom. The molecule has 1 aliphatic rings. The Kier molecular flexibility index (Phi) is 3.77. The molecule has 24 heavy (non-hydrogen) atoms. The highest BCUT2D eigenvalue weighted by atomic mass is 35.5. The number of nitrogens with one attached hydrogen (secondary N) is 2. The van der Waals surface area contributed by atoms with Crippen LogP contribution >= 0.6 is 11.6 Å². The molecule has 1 amide bonds. The summed E-state index contributed by atoms with van der Waals surface area (Å²) in [6, 6.07) is 12.0. The second-order valence-corrected chi connectivity index (χ2v) is 6.62. The Morgan fingerprint density at radius 2 is 2.08 bits per heavy atom. The molecule has 1 atom stereocenters. The molecule has 0 aliphatic heterocycles. The second-order valence-electron chi connectivity index (χ2n) is 6.18. The van der Waals surface area contributed by atoms with E-state index in [2.05, 4.69) is 10.3 Å². The van der Waals surface area contributed by atoms with Crippen LogP contribution in [-0.4, -0.2) is 10.9 Å². The number of hydrogen-bond acceptors (Lipinski definition) is 1. The molecule has 0 fully saturated rings. The van der Waals surface area contributed by atoms with E-state index >= 15 is 0 Å². The third-order valence-corrected chi connectivity index (χ3v) is 4.89. The maximum atomic E-state index is 13.7. The molecule has 0 spiro atoms. The molecule has 2 aromatic carbocycles. The van der Waals surface area contributed by atoms with E-state index in [0.717, 1.165) is 29.3 Å². The van der Waals surface area contributed by atoms with Gasteiger partial charge in [0.15, 0.2) is 0 Å². The average Bonchev–Trinajstić information content (AvgIpc) is 2.94. The lowest BCUT2D eigenvalue weighted by Gasteiger charge is -2.22. The van der Waals surface area contributed by atoms with Gasteiger partial charge in [-0.25, -0.2) is 4.39 Å². The zero-order valence-corrected chi connectivity index (χ0v) is 13.7. The number of aryl methyl sites for hydroxylation is 1. The highest BCUT2D eigenvalue weighted by Gasteiger charge is 2.27. The van der Waals surface area contributed by atoms with E-state index in [-0.39, 0.29) is 17.5 Å². The fourth-order valence-corrected chi connectivity index (χ4v) is 3.58. The van der Waals surface area contributed by atoms with Crippen molar-refractivity contribution in [1.29, 1.82) is 0 Å². The highest BCUT2D eigenvalue weighted by Crippen LogP contribution is 2.33. The van der Waals surface area contributed by atoms with Gasteiger partial charge < -0.3 is 10.3 Å². The zero-order valence-electron chi connectivity index (χ0n) is 12.9. The molecule has 122 valence electrons. The van der Waals surface area contributed by atoms with Crippen molar-refractivity contribution in [1.82, 2.24) is 4.98 Å². The number of H-pyrrole nitrogens is 1. The monoisotopic (exact) mass is 342 g/mol. The summed E-state index contributed by atoms with van der Waals surface area (Å²) in [4.78, 5) is 16.0. The van der Waals surface area contributed by atoms with Gasteiger partial charge in [-0.3, -0.25) is 4.79 Å². The van der Waals surface area contributed by atoms with Gasteiger partial charge in [0.05, 0.1) is 5.69 Å². The topological polar surface area (TPSA) is 44.9 Å². The summed E-state index contributed by atoms with van der Waals surface area (Å²) in [5, 5.41) is 4.47. The van der Waals surface area contributed by atoms with Gasteiger partial charge in [0.1, 0.15) is 5.82 Å². The van der Waals surface area contributed by atoms with E-state index in [9.17, 15) is 9.18 Å². The van der Waals surface area contributed by atoms with Crippen LogP contribution in [0.25, 0.3) is 10.9 Å². The van der Waals surface area contributed by atoms with Gasteiger partial charge in [-0.2, -0.15) is 0 Å². The second kappa shape index (κ2) is 5.95. The van der Waals surface area contributed by atoms with Crippen molar-refractivity contribution >= 4 is 34.1 Å². The normalized spacial score (nSPS) is 16.8. The summed E-state index contributed by atoms with van der Waals surface area (Å²) in [6.07, 6.45) is 2.18. The summed E-state index contributed by atoms with van der Waals surface area (Å²) >= 11 is 6.11. The van der Waals surface area contributed by atoms with Gasteiger partial charge in [-0.1, -0.05) is 23.7 Å². The standard InChI is InChI=1S/C19H16ClFN2O/c20-12-6-8-17-14(10-12)13-9-11(5-7-16(13)22-17)19(24)23-18-4-2-1-3-15(18)21/h1-4,6,8,10-11,22H,5,7,9H2,(H,23,24). The number of rotatable bonds is 2. The molecule has 0 radical (unpaired) electrons. The minimum Gasteiger partial charge on any atom is -0.358 e. The lowest BCUT2D eigenvalue weighted by Crippen LogP contribution is -2.28. The van der Waals surface area contributed by atoms with Crippen LogP contribution in [-0.2, 0) is 17.6 Å². The minimum absolute atomic E-state index is 0.137. The van der Waals surface area contributed by atoms with E-state index in [4.69, 9.17) is 11.6 Å². The Morgan fingerprint density at radius 3 is 2.92 bits per heavy atom. The fourth-order valence-electron chi connectivity index (χ4n) is 3.41. The van der Waals surface area contributed by atoms with Crippen molar-refractivity contribution in [2.75, 3.05) is 5.32 Å². The molecular formula is C19H16ClFN2O. The van der Waals surface area contributed by atoms with Crippen LogP contribution in [0.1, 0.15) is 17.7 Å². The van der Waals surface area contributed by atoms with Crippen LogP contribution in [0.4, 0.5) is 10.1 Å². The van der Waals surface area contributed by atoms with Crippen molar-refractivity contribution < 1.29 is 9.18 Å². The molecule has 2 N–H and O–H groups in total. The van der Waals surface area contributed by atoms with Crippen LogP contribution in [0.5, 0.6) is 0 Å². The molecule has 0 saturated heterocycles. The third-order valence-electron chi connectivity index (χ3n) is 4.65. The van der Waals surface area contributed by atoms with Gasteiger partial charge in [0, 0.05) is 27.5 Å². The van der Waals surface area contributed by atoms with Gasteiger partial charge in [0.25, 0.3) is 0 Å². The van der Waals surface area contributed by atoms with Crippen LogP contribution in [0.2, 0.25) is 5.02 Å². The molecule has 1 unspecified atom stereocenters. The number of hydrogen-bond donors (Lipinski definition) is 2. The molecule has 0 bridgehead atoms. The number of carbonyl (C=O) groups is 1. The number of aromatic nitrogens is 1. The summed E-state index contributed by atoms with van der Waals surface area (Å²) in [5.74, 6) is -0.724. The molecule has 3 nitrogen and oxygen atoms in total. The van der Waals surface area contributed by atoms with Gasteiger partial charge in [-0.05, 0) is 55.2 Å². The number of halogens is 2. The summed E-state index contributed by atoms with van der Waals surface area (Å²) in [5.41, 5.74) is 3.59. The van der Waals surface area contributed by atoms with Gasteiger partial charge in [0.2, 0.25) is 5.91 Å². The Labute approximate surface area is 143 Å². The molecule has 1 heterocycles. The largest absolute Gasteiger partial charge is 0.358 e. The zero-order chi connectivity index (χ0) is 16.7. The lowest BCUT2D eigenvalue weighted by atomic mass is 9.86. The first kappa shape index (κ1) is 15.2. The van der Waals surface area contributed by atoms with Crippen LogP contribution in [0.3, 0.4) is 0 Å². The summed E-state index contributed by atoms with van der Waals surface area (Å²) in [7, 11) is 0. The first-order chi connectivity index (χ1) is 11.6. The Bertz CT molecular complexity index is 934. The number of carbonyl (C=O) groups excluding carboxylic acids is 1. The predicted octanol–water partition coefficient (Wildman–Crippen LogP) is 4.70. The fraction of sp³-hybridized carbons (Fsp3) is 0.211. The first-order valence-electron chi connectivity index (χ1n) is 7.96. The van der Waals surface area contributed by atoms with Crippen molar-refractivity contribution in [2.45, 2.75) is 19.3 Å². The molecular weight excluding hydrogens is 327 g/mol. The minimum atomic E-state index is -0.416. The van der Waals surface area contributed by atoms with Crippen molar-refractivity contribution in [3.8, 4) is 0 Å². The Balaban J connectivity index is 1.59.